The highest BCUT2D eigenvalue weighted by Gasteiger charge is 2.04. The number of thiazole rings is 1. The quantitative estimate of drug-likeness (QED) is 0.751. The van der Waals surface area contributed by atoms with Gasteiger partial charge < -0.3 is 5.11 Å². The van der Waals surface area contributed by atoms with E-state index in [2.05, 4.69) is 4.98 Å². The summed E-state index contributed by atoms with van der Waals surface area (Å²) < 4.78 is 0. The number of hydrogen-bond acceptors (Lipinski definition) is 3. The summed E-state index contributed by atoms with van der Waals surface area (Å²) in [6, 6.07) is 0. The molecule has 0 spiro atoms. The minimum absolute atomic E-state index is 0.225. The number of rotatable bonds is 3. The molecule has 1 unspecified atom stereocenters. The van der Waals surface area contributed by atoms with Crippen LogP contribution in [0.4, 0.5) is 0 Å². The maximum Gasteiger partial charge on any atom is 0.0897 e. The first-order valence-electron chi connectivity index (χ1n) is 3.81. The van der Waals surface area contributed by atoms with Crippen LogP contribution in [0.15, 0.2) is 5.38 Å². The fourth-order valence-electron chi connectivity index (χ4n) is 0.888. The molecule has 0 amide bonds. The van der Waals surface area contributed by atoms with E-state index in [-0.39, 0.29) is 6.10 Å². The third-order valence-corrected chi connectivity index (χ3v) is 2.40. The number of aromatic nitrogens is 1. The van der Waals surface area contributed by atoms with Crippen LogP contribution in [0.3, 0.4) is 0 Å². The molecule has 0 bridgehead atoms. The van der Waals surface area contributed by atoms with Gasteiger partial charge in [0.15, 0.2) is 0 Å². The second-order valence-corrected chi connectivity index (χ2v) is 3.69. The Morgan fingerprint density at radius 1 is 1.73 bits per heavy atom. The van der Waals surface area contributed by atoms with Crippen molar-refractivity contribution in [3.63, 3.8) is 0 Å². The summed E-state index contributed by atoms with van der Waals surface area (Å²) in [6.07, 6.45) is 1.27. The summed E-state index contributed by atoms with van der Waals surface area (Å²) in [5.74, 6) is 0. The van der Waals surface area contributed by atoms with E-state index in [1.54, 1.807) is 11.3 Å². The molecule has 62 valence electrons. The van der Waals surface area contributed by atoms with Crippen LogP contribution in [-0.4, -0.2) is 16.2 Å². The third kappa shape index (κ3) is 2.60. The Kier molecular flexibility index (Phi) is 3.02. The highest BCUT2D eigenvalue weighted by Crippen LogP contribution is 2.10. The van der Waals surface area contributed by atoms with E-state index in [9.17, 15) is 5.11 Å². The molecule has 11 heavy (non-hydrogen) atoms. The topological polar surface area (TPSA) is 33.1 Å². The molecule has 0 saturated heterocycles. The fraction of sp³-hybridized carbons (Fsp3) is 0.625. The SMILES string of the molecule is CCC(O)Cc1csc(C)n1. The zero-order chi connectivity index (χ0) is 8.27. The van der Waals surface area contributed by atoms with Gasteiger partial charge in [0.1, 0.15) is 0 Å². The van der Waals surface area contributed by atoms with Crippen LogP contribution in [-0.2, 0) is 6.42 Å². The van der Waals surface area contributed by atoms with Gasteiger partial charge in [-0.05, 0) is 13.3 Å². The van der Waals surface area contributed by atoms with Gasteiger partial charge in [0, 0.05) is 11.8 Å². The average molecular weight is 171 g/mol. The Labute approximate surface area is 70.9 Å². The lowest BCUT2D eigenvalue weighted by molar-refractivity contribution is 0.170. The molecule has 2 nitrogen and oxygen atoms in total. The van der Waals surface area contributed by atoms with Crippen molar-refractivity contribution in [1.29, 1.82) is 0 Å². The molecule has 1 atom stereocenters. The van der Waals surface area contributed by atoms with E-state index in [1.807, 2.05) is 19.2 Å². The summed E-state index contributed by atoms with van der Waals surface area (Å²) in [5, 5.41) is 12.4. The molecule has 1 N–H and O–H groups in total. The Morgan fingerprint density at radius 3 is 2.91 bits per heavy atom. The minimum atomic E-state index is -0.225. The Balaban J connectivity index is 2.50. The molecule has 0 fully saturated rings. The van der Waals surface area contributed by atoms with Crippen molar-refractivity contribution < 1.29 is 5.11 Å². The van der Waals surface area contributed by atoms with Crippen molar-refractivity contribution in [3.8, 4) is 0 Å². The van der Waals surface area contributed by atoms with Crippen molar-refractivity contribution in [2.75, 3.05) is 0 Å². The molecule has 0 radical (unpaired) electrons. The van der Waals surface area contributed by atoms with Crippen LogP contribution in [0, 0.1) is 6.92 Å². The molecule has 1 heterocycles. The summed E-state index contributed by atoms with van der Waals surface area (Å²) in [4.78, 5) is 4.26. The van der Waals surface area contributed by atoms with Gasteiger partial charge >= 0.3 is 0 Å². The molecule has 3 heteroatoms. The molecular weight excluding hydrogens is 158 g/mol. The first-order valence-corrected chi connectivity index (χ1v) is 4.69. The monoisotopic (exact) mass is 171 g/mol. The zero-order valence-electron chi connectivity index (χ0n) is 6.87. The molecule has 1 aromatic rings. The molecule has 1 aromatic heterocycles. The van der Waals surface area contributed by atoms with Gasteiger partial charge in [0.05, 0.1) is 16.8 Å². The second kappa shape index (κ2) is 3.83. The first-order chi connectivity index (χ1) is 5.22. The summed E-state index contributed by atoms with van der Waals surface area (Å²) >= 11 is 1.63. The maximum absolute atomic E-state index is 9.29. The van der Waals surface area contributed by atoms with Crippen molar-refractivity contribution in [2.45, 2.75) is 32.8 Å². The van der Waals surface area contributed by atoms with Crippen molar-refractivity contribution in [1.82, 2.24) is 4.98 Å². The zero-order valence-corrected chi connectivity index (χ0v) is 7.69. The minimum Gasteiger partial charge on any atom is -0.393 e. The van der Waals surface area contributed by atoms with Crippen molar-refractivity contribution in [2.24, 2.45) is 0 Å². The Morgan fingerprint density at radius 2 is 2.45 bits per heavy atom. The van der Waals surface area contributed by atoms with Crippen LogP contribution in [0.1, 0.15) is 24.0 Å². The van der Waals surface area contributed by atoms with E-state index in [0.29, 0.717) is 6.42 Å². The van der Waals surface area contributed by atoms with Gasteiger partial charge in [0.25, 0.3) is 0 Å². The van der Waals surface area contributed by atoms with Crippen LogP contribution < -0.4 is 0 Å². The number of aryl methyl sites for hydroxylation is 1. The van der Waals surface area contributed by atoms with Crippen LogP contribution >= 0.6 is 11.3 Å². The highest BCUT2D eigenvalue weighted by atomic mass is 32.1. The molecule has 1 rings (SSSR count). The van der Waals surface area contributed by atoms with Crippen LogP contribution in [0.25, 0.3) is 0 Å². The Hall–Kier alpha value is -0.410. The van der Waals surface area contributed by atoms with Gasteiger partial charge in [0.2, 0.25) is 0 Å². The second-order valence-electron chi connectivity index (χ2n) is 2.62. The molecule has 0 aromatic carbocycles. The first kappa shape index (κ1) is 8.68. The van der Waals surface area contributed by atoms with E-state index in [4.69, 9.17) is 0 Å². The summed E-state index contributed by atoms with van der Waals surface area (Å²) in [6.45, 7) is 3.95. The lowest BCUT2D eigenvalue weighted by Gasteiger charge is -2.02. The fourth-order valence-corrected chi connectivity index (χ4v) is 1.51. The smallest absolute Gasteiger partial charge is 0.0897 e. The van der Waals surface area contributed by atoms with Gasteiger partial charge in [-0.2, -0.15) is 0 Å². The van der Waals surface area contributed by atoms with Gasteiger partial charge in [-0.3, -0.25) is 0 Å². The van der Waals surface area contributed by atoms with Gasteiger partial charge in [-0.15, -0.1) is 11.3 Å². The maximum atomic E-state index is 9.29. The predicted octanol–water partition coefficient (Wildman–Crippen LogP) is 1.76. The molecule has 0 aliphatic carbocycles. The lowest BCUT2D eigenvalue weighted by atomic mass is 10.2. The van der Waals surface area contributed by atoms with Gasteiger partial charge in [-0.1, -0.05) is 6.92 Å². The largest absolute Gasteiger partial charge is 0.393 e. The average Bonchev–Trinajstić information content (AvgIpc) is 2.35. The van der Waals surface area contributed by atoms with Gasteiger partial charge in [-0.25, -0.2) is 4.98 Å². The molecule has 0 aliphatic heterocycles. The highest BCUT2D eigenvalue weighted by molar-refractivity contribution is 7.09. The molecule has 0 saturated carbocycles. The predicted molar refractivity (Wildman–Crippen MR) is 46.9 cm³/mol. The van der Waals surface area contributed by atoms with E-state index < -0.39 is 0 Å². The standard InChI is InChI=1S/C8H13NOS/c1-3-8(10)4-7-5-11-6(2)9-7/h5,8,10H,3-4H2,1-2H3. The number of aliphatic hydroxyl groups excluding tert-OH is 1. The summed E-state index contributed by atoms with van der Waals surface area (Å²) in [5.41, 5.74) is 1.02. The molecular formula is C8H13NOS. The van der Waals surface area contributed by atoms with E-state index in [1.165, 1.54) is 0 Å². The van der Waals surface area contributed by atoms with Crippen LogP contribution in [0.5, 0.6) is 0 Å². The van der Waals surface area contributed by atoms with Crippen LogP contribution in [0.2, 0.25) is 0 Å². The van der Waals surface area contributed by atoms with E-state index >= 15 is 0 Å². The normalized spacial score (nSPS) is 13.4. The van der Waals surface area contributed by atoms with Crippen molar-refractivity contribution in [3.05, 3.63) is 16.1 Å². The number of nitrogens with zero attached hydrogens (tertiary/aromatic N) is 1. The van der Waals surface area contributed by atoms with Crippen molar-refractivity contribution >= 4 is 11.3 Å². The summed E-state index contributed by atoms with van der Waals surface area (Å²) in [7, 11) is 0. The lowest BCUT2D eigenvalue weighted by Crippen LogP contribution is -2.08. The third-order valence-electron chi connectivity index (χ3n) is 1.58. The van der Waals surface area contributed by atoms with E-state index in [0.717, 1.165) is 17.1 Å². The Bertz CT molecular complexity index is 222. The molecule has 0 aliphatic rings. The number of hydrogen-bond donors (Lipinski definition) is 1. The number of aliphatic hydroxyl groups is 1.